The van der Waals surface area contributed by atoms with Gasteiger partial charge in [0.2, 0.25) is 6.41 Å². The van der Waals surface area contributed by atoms with Crippen LogP contribution in [0.4, 0.5) is 0 Å². The van der Waals surface area contributed by atoms with Gasteiger partial charge in [0.05, 0.1) is 12.8 Å². The lowest BCUT2D eigenvalue weighted by atomic mass is 10.5. The van der Waals surface area contributed by atoms with Crippen molar-refractivity contribution in [3.05, 3.63) is 12.2 Å². The van der Waals surface area contributed by atoms with E-state index in [9.17, 15) is 9.59 Å². The van der Waals surface area contributed by atoms with Gasteiger partial charge in [-0.05, 0) is 6.92 Å². The predicted molar refractivity (Wildman–Crippen MR) is 60.3 cm³/mol. The van der Waals surface area contributed by atoms with E-state index in [-0.39, 0.29) is 12.1 Å². The molecule has 0 aromatic carbocycles. The molecule has 5 nitrogen and oxygen atoms in total. The Hall–Kier alpha value is -1.01. The zero-order valence-electron chi connectivity index (χ0n) is 8.64. The highest BCUT2D eigenvalue weighted by Gasteiger charge is 1.98. The number of carbonyl (C=O) groups is 2. The van der Waals surface area contributed by atoms with E-state index in [4.69, 9.17) is 5.73 Å². The first-order valence-electron chi connectivity index (χ1n) is 4.57. The highest BCUT2D eigenvalue weighted by Crippen LogP contribution is 2.00. The minimum Gasteiger partial charge on any atom is -0.463 e. The molecule has 86 valence electrons. The minimum atomic E-state index is -0.344. The van der Waals surface area contributed by atoms with Crippen molar-refractivity contribution in [2.24, 2.45) is 5.73 Å². The number of esters is 1. The monoisotopic (exact) mass is 232 g/mol. The van der Waals surface area contributed by atoms with Gasteiger partial charge < -0.3 is 15.8 Å². The Morgan fingerprint density at radius 3 is 3.00 bits per heavy atom. The molecule has 0 spiro atoms. The first-order chi connectivity index (χ1) is 7.20. The SMILES string of the molecule is CCOC(=O)/C=C/CSCC(N)NC=O. The average Bonchev–Trinajstić information content (AvgIpc) is 2.18. The van der Waals surface area contributed by atoms with Crippen LogP contribution in [0.2, 0.25) is 0 Å². The Kier molecular flexibility index (Phi) is 8.90. The number of hydrogen-bond donors (Lipinski definition) is 2. The van der Waals surface area contributed by atoms with Crippen LogP contribution in [0.25, 0.3) is 0 Å². The van der Waals surface area contributed by atoms with Crippen LogP contribution < -0.4 is 11.1 Å². The predicted octanol–water partition coefficient (Wildman–Crippen LogP) is -0.130. The van der Waals surface area contributed by atoms with Gasteiger partial charge >= 0.3 is 5.97 Å². The van der Waals surface area contributed by atoms with Crippen LogP contribution >= 0.6 is 11.8 Å². The summed E-state index contributed by atoms with van der Waals surface area (Å²) in [5.74, 6) is 0.923. The molecule has 0 aliphatic rings. The van der Waals surface area contributed by atoms with Crippen molar-refractivity contribution in [1.82, 2.24) is 5.32 Å². The molecule has 0 heterocycles. The molecule has 1 unspecified atom stereocenters. The summed E-state index contributed by atoms with van der Waals surface area (Å²) in [5, 5.41) is 2.43. The molecule has 0 aromatic rings. The molecule has 1 amide bonds. The van der Waals surface area contributed by atoms with E-state index in [0.29, 0.717) is 24.5 Å². The quantitative estimate of drug-likeness (QED) is 0.200. The zero-order valence-corrected chi connectivity index (χ0v) is 9.46. The third-order valence-corrected chi connectivity index (χ3v) is 2.36. The fourth-order valence-electron chi connectivity index (χ4n) is 0.733. The number of rotatable bonds is 8. The van der Waals surface area contributed by atoms with Gasteiger partial charge in [-0.2, -0.15) is 11.8 Å². The molecule has 0 aliphatic carbocycles. The molecule has 15 heavy (non-hydrogen) atoms. The molecule has 6 heteroatoms. The van der Waals surface area contributed by atoms with Crippen LogP contribution in [-0.2, 0) is 14.3 Å². The fourth-order valence-corrected chi connectivity index (χ4v) is 1.45. The molecule has 0 saturated heterocycles. The van der Waals surface area contributed by atoms with Gasteiger partial charge in [-0.15, -0.1) is 0 Å². The first-order valence-corrected chi connectivity index (χ1v) is 5.72. The van der Waals surface area contributed by atoms with Gasteiger partial charge in [0.1, 0.15) is 0 Å². The molecular weight excluding hydrogens is 216 g/mol. The second-order valence-electron chi connectivity index (χ2n) is 2.58. The second kappa shape index (κ2) is 9.54. The van der Waals surface area contributed by atoms with E-state index in [1.54, 1.807) is 13.0 Å². The summed E-state index contributed by atoms with van der Waals surface area (Å²) in [6, 6.07) is 0. The van der Waals surface area contributed by atoms with Crippen LogP contribution in [0.5, 0.6) is 0 Å². The van der Waals surface area contributed by atoms with Crippen molar-refractivity contribution in [3.8, 4) is 0 Å². The van der Waals surface area contributed by atoms with Crippen LogP contribution in [0.3, 0.4) is 0 Å². The minimum absolute atomic E-state index is 0.339. The van der Waals surface area contributed by atoms with E-state index in [0.717, 1.165) is 0 Å². The summed E-state index contributed by atoms with van der Waals surface area (Å²) in [7, 11) is 0. The maximum Gasteiger partial charge on any atom is 0.330 e. The molecule has 0 aromatic heterocycles. The summed E-state index contributed by atoms with van der Waals surface area (Å²) >= 11 is 1.52. The summed E-state index contributed by atoms with van der Waals surface area (Å²) < 4.78 is 4.69. The zero-order chi connectivity index (χ0) is 11.5. The molecule has 0 rings (SSSR count). The Morgan fingerprint density at radius 2 is 2.40 bits per heavy atom. The highest BCUT2D eigenvalue weighted by molar-refractivity contribution is 7.99. The van der Waals surface area contributed by atoms with E-state index in [2.05, 4.69) is 10.1 Å². The lowest BCUT2D eigenvalue weighted by Gasteiger charge is -2.07. The van der Waals surface area contributed by atoms with Crippen molar-refractivity contribution in [1.29, 1.82) is 0 Å². The van der Waals surface area contributed by atoms with Crippen LogP contribution in [0, 0.1) is 0 Å². The van der Waals surface area contributed by atoms with Crippen molar-refractivity contribution >= 4 is 24.1 Å². The highest BCUT2D eigenvalue weighted by atomic mass is 32.2. The number of amides is 1. The molecule has 0 aliphatic heterocycles. The lowest BCUT2D eigenvalue weighted by molar-refractivity contribution is -0.137. The lowest BCUT2D eigenvalue weighted by Crippen LogP contribution is -2.38. The normalized spacial score (nSPS) is 12.4. The molecular formula is C9H16N2O3S. The van der Waals surface area contributed by atoms with Crippen LogP contribution in [-0.4, -0.2) is 36.7 Å². The van der Waals surface area contributed by atoms with Crippen molar-refractivity contribution < 1.29 is 14.3 Å². The van der Waals surface area contributed by atoms with Crippen molar-refractivity contribution in [2.45, 2.75) is 13.1 Å². The Balaban J connectivity index is 3.44. The Bertz CT molecular complexity index is 221. The first kappa shape index (κ1) is 14.0. The van der Waals surface area contributed by atoms with Crippen molar-refractivity contribution in [2.75, 3.05) is 18.1 Å². The van der Waals surface area contributed by atoms with Gasteiger partial charge in [-0.25, -0.2) is 4.79 Å². The maximum atomic E-state index is 10.8. The standard InChI is InChI=1S/C9H16N2O3S/c1-2-14-9(13)4-3-5-15-6-8(10)11-7-12/h3-4,7-8H,2,5-6,10H2,1H3,(H,11,12)/b4-3+. The number of thioether (sulfide) groups is 1. The van der Waals surface area contributed by atoms with Gasteiger partial charge in [0, 0.05) is 17.6 Å². The smallest absolute Gasteiger partial charge is 0.330 e. The third-order valence-electron chi connectivity index (χ3n) is 1.33. The summed E-state index contributed by atoms with van der Waals surface area (Å²) in [6.45, 7) is 2.13. The number of hydrogen-bond acceptors (Lipinski definition) is 5. The van der Waals surface area contributed by atoms with Crippen molar-refractivity contribution in [3.63, 3.8) is 0 Å². The number of nitrogens with two attached hydrogens (primary N) is 1. The molecule has 0 bridgehead atoms. The Labute approximate surface area is 93.4 Å². The molecule has 0 saturated carbocycles. The van der Waals surface area contributed by atoms with Gasteiger partial charge in [-0.1, -0.05) is 6.08 Å². The Morgan fingerprint density at radius 1 is 1.67 bits per heavy atom. The number of ether oxygens (including phenoxy) is 1. The fraction of sp³-hybridized carbons (Fsp3) is 0.556. The van der Waals surface area contributed by atoms with Gasteiger partial charge in [0.15, 0.2) is 0 Å². The largest absolute Gasteiger partial charge is 0.463 e. The van der Waals surface area contributed by atoms with E-state index < -0.39 is 0 Å². The molecule has 0 radical (unpaired) electrons. The molecule has 3 N–H and O–H groups in total. The summed E-state index contributed by atoms with van der Waals surface area (Å²) in [4.78, 5) is 20.8. The number of carbonyl (C=O) groups excluding carboxylic acids is 2. The average molecular weight is 232 g/mol. The van der Waals surface area contributed by atoms with Crippen LogP contribution in [0.1, 0.15) is 6.92 Å². The van der Waals surface area contributed by atoms with Crippen LogP contribution in [0.15, 0.2) is 12.2 Å². The molecule has 1 atom stereocenters. The topological polar surface area (TPSA) is 81.4 Å². The van der Waals surface area contributed by atoms with Gasteiger partial charge in [0.25, 0.3) is 0 Å². The summed E-state index contributed by atoms with van der Waals surface area (Å²) in [6.07, 6.45) is 3.31. The number of nitrogens with one attached hydrogen (secondary N) is 1. The van der Waals surface area contributed by atoms with E-state index in [1.807, 2.05) is 0 Å². The maximum absolute atomic E-state index is 10.8. The van der Waals surface area contributed by atoms with Gasteiger partial charge in [-0.3, -0.25) is 4.79 Å². The van der Waals surface area contributed by atoms with E-state index in [1.165, 1.54) is 17.8 Å². The second-order valence-corrected chi connectivity index (χ2v) is 3.66. The third kappa shape index (κ3) is 9.30. The van der Waals surface area contributed by atoms with E-state index >= 15 is 0 Å². The molecule has 0 fully saturated rings. The summed E-state index contributed by atoms with van der Waals surface area (Å²) in [5.41, 5.74) is 5.50.